The maximum Gasteiger partial charge on any atom is 0.253 e. The molecule has 0 aliphatic carbocycles. The van der Waals surface area contributed by atoms with Crippen LogP contribution in [0.1, 0.15) is 62.2 Å². The summed E-state index contributed by atoms with van der Waals surface area (Å²) in [6.07, 6.45) is 6.74. The van der Waals surface area contributed by atoms with E-state index in [1.807, 2.05) is 36.4 Å². The van der Waals surface area contributed by atoms with Gasteiger partial charge in [-0.05, 0) is 43.2 Å². The van der Waals surface area contributed by atoms with Crippen molar-refractivity contribution in [3.8, 4) is 5.75 Å². The Kier molecular flexibility index (Phi) is 12.2. The molecule has 1 saturated heterocycles. The van der Waals surface area contributed by atoms with Gasteiger partial charge in [-0.1, -0.05) is 44.7 Å². The highest BCUT2D eigenvalue weighted by molar-refractivity contribution is 6.02. The molecule has 1 aliphatic heterocycles. The lowest BCUT2D eigenvalue weighted by Crippen LogP contribution is -2.47. The minimum absolute atomic E-state index is 0.00822. The molecule has 2 amide bonds. The van der Waals surface area contributed by atoms with Crippen LogP contribution < -0.4 is 25.2 Å². The van der Waals surface area contributed by atoms with Gasteiger partial charge in [0, 0.05) is 64.2 Å². The third-order valence-corrected chi connectivity index (χ3v) is 6.89. The molecule has 0 aromatic heterocycles. The number of rotatable bonds is 15. The number of anilines is 3. The number of methoxy groups -OCH3 is 2. The summed E-state index contributed by atoms with van der Waals surface area (Å²) in [6, 6.07) is 13.7. The van der Waals surface area contributed by atoms with Crippen molar-refractivity contribution in [1.29, 1.82) is 0 Å². The molecule has 0 radical (unpaired) electrons. The van der Waals surface area contributed by atoms with Crippen LogP contribution in [-0.4, -0.2) is 65.4 Å². The largest absolute Gasteiger partial charge is 0.495 e. The monoisotopic (exact) mass is 524 g/mol. The zero-order valence-corrected chi connectivity index (χ0v) is 23.3. The fraction of sp³-hybridized carbons (Fsp3) is 0.533. The number of nitrogens with zero attached hydrogens (tertiary/aromatic N) is 2. The zero-order valence-electron chi connectivity index (χ0n) is 23.3. The van der Waals surface area contributed by atoms with Crippen LogP contribution in [-0.2, 0) is 9.53 Å². The second-order valence-corrected chi connectivity index (χ2v) is 9.69. The van der Waals surface area contributed by atoms with Gasteiger partial charge in [0.25, 0.3) is 5.91 Å². The molecule has 2 aromatic rings. The first-order valence-corrected chi connectivity index (χ1v) is 13.9. The summed E-state index contributed by atoms with van der Waals surface area (Å²) in [5.74, 6) is 0.715. The van der Waals surface area contributed by atoms with Gasteiger partial charge < -0.3 is 29.9 Å². The first kappa shape index (κ1) is 29.3. The zero-order chi connectivity index (χ0) is 27.2. The van der Waals surface area contributed by atoms with Crippen molar-refractivity contribution < 1.29 is 19.1 Å². The average molecular weight is 525 g/mol. The van der Waals surface area contributed by atoms with Gasteiger partial charge in [0.2, 0.25) is 5.91 Å². The van der Waals surface area contributed by atoms with E-state index in [9.17, 15) is 9.59 Å². The maximum absolute atomic E-state index is 13.2. The summed E-state index contributed by atoms with van der Waals surface area (Å²) >= 11 is 0. The van der Waals surface area contributed by atoms with Gasteiger partial charge in [-0.2, -0.15) is 0 Å². The highest BCUT2D eigenvalue weighted by Crippen LogP contribution is 2.31. The van der Waals surface area contributed by atoms with Crippen molar-refractivity contribution in [2.24, 2.45) is 0 Å². The Morgan fingerprint density at radius 2 is 1.58 bits per heavy atom. The number of carbonyl (C=O) groups excluding carboxylic acids is 2. The third-order valence-electron chi connectivity index (χ3n) is 6.89. The van der Waals surface area contributed by atoms with Crippen LogP contribution in [0.2, 0.25) is 0 Å². The number of para-hydroxylation sites is 2. The molecule has 1 aliphatic rings. The van der Waals surface area contributed by atoms with Crippen molar-refractivity contribution in [2.45, 2.75) is 51.9 Å². The Morgan fingerprint density at radius 3 is 2.29 bits per heavy atom. The lowest BCUT2D eigenvalue weighted by molar-refractivity contribution is -0.116. The average Bonchev–Trinajstić information content (AvgIpc) is 2.95. The summed E-state index contributed by atoms with van der Waals surface area (Å²) in [5, 5.41) is 6.01. The van der Waals surface area contributed by atoms with E-state index in [0.29, 0.717) is 30.8 Å². The SMILES string of the molecule is CCCCCCCC(=O)Nc1ccc(N2CCN(c3ccccc3OC)CC2)c(C(=O)NCCCOC)c1. The van der Waals surface area contributed by atoms with Crippen molar-refractivity contribution in [1.82, 2.24) is 5.32 Å². The Bertz CT molecular complexity index is 1020. The summed E-state index contributed by atoms with van der Waals surface area (Å²) in [7, 11) is 3.35. The van der Waals surface area contributed by atoms with Crippen LogP contribution in [0.3, 0.4) is 0 Å². The van der Waals surface area contributed by atoms with E-state index in [1.165, 1.54) is 12.8 Å². The van der Waals surface area contributed by atoms with Crippen molar-refractivity contribution in [3.63, 3.8) is 0 Å². The number of amides is 2. The van der Waals surface area contributed by atoms with E-state index in [-0.39, 0.29) is 11.8 Å². The molecule has 8 nitrogen and oxygen atoms in total. The van der Waals surface area contributed by atoms with E-state index in [0.717, 1.165) is 69.0 Å². The number of nitrogens with one attached hydrogen (secondary N) is 2. The van der Waals surface area contributed by atoms with Gasteiger partial charge in [-0.3, -0.25) is 9.59 Å². The number of carbonyl (C=O) groups is 2. The van der Waals surface area contributed by atoms with Crippen molar-refractivity contribution >= 4 is 28.9 Å². The van der Waals surface area contributed by atoms with E-state index >= 15 is 0 Å². The number of benzene rings is 2. The van der Waals surface area contributed by atoms with Gasteiger partial charge in [0.15, 0.2) is 0 Å². The lowest BCUT2D eigenvalue weighted by atomic mass is 10.1. The second-order valence-electron chi connectivity index (χ2n) is 9.69. The normalized spacial score (nSPS) is 13.3. The minimum atomic E-state index is -0.140. The minimum Gasteiger partial charge on any atom is -0.495 e. The molecule has 3 rings (SSSR count). The summed E-state index contributed by atoms with van der Waals surface area (Å²) in [4.78, 5) is 30.3. The molecule has 2 aromatic carbocycles. The first-order chi connectivity index (χ1) is 18.6. The van der Waals surface area contributed by atoms with Crippen LogP contribution in [0.4, 0.5) is 17.1 Å². The first-order valence-electron chi connectivity index (χ1n) is 13.9. The summed E-state index contributed by atoms with van der Waals surface area (Å²) in [6.45, 7) is 6.46. The van der Waals surface area contributed by atoms with Crippen LogP contribution >= 0.6 is 0 Å². The van der Waals surface area contributed by atoms with Crippen LogP contribution in [0, 0.1) is 0 Å². The van der Waals surface area contributed by atoms with E-state index < -0.39 is 0 Å². The molecule has 8 heteroatoms. The van der Waals surface area contributed by atoms with E-state index in [1.54, 1.807) is 14.2 Å². The fourth-order valence-corrected chi connectivity index (χ4v) is 4.78. The smallest absolute Gasteiger partial charge is 0.253 e. The fourth-order valence-electron chi connectivity index (χ4n) is 4.78. The summed E-state index contributed by atoms with van der Waals surface area (Å²) in [5.41, 5.74) is 3.20. The Hall–Kier alpha value is -3.26. The van der Waals surface area contributed by atoms with E-state index in [2.05, 4.69) is 33.4 Å². The Morgan fingerprint density at radius 1 is 0.868 bits per heavy atom. The highest BCUT2D eigenvalue weighted by atomic mass is 16.5. The number of hydrogen-bond acceptors (Lipinski definition) is 6. The van der Waals surface area contributed by atoms with Crippen molar-refractivity contribution in [2.75, 3.05) is 68.7 Å². The van der Waals surface area contributed by atoms with Crippen LogP contribution in [0.15, 0.2) is 42.5 Å². The molecular formula is C30H44N4O4. The molecule has 0 saturated carbocycles. The predicted molar refractivity (Wildman–Crippen MR) is 155 cm³/mol. The summed E-state index contributed by atoms with van der Waals surface area (Å²) < 4.78 is 10.7. The predicted octanol–water partition coefficient (Wildman–Crippen LogP) is 5.09. The molecule has 0 spiro atoms. The molecule has 0 atom stereocenters. The second kappa shape index (κ2) is 15.9. The molecule has 1 heterocycles. The molecule has 1 fully saturated rings. The quantitative estimate of drug-likeness (QED) is 0.316. The molecule has 0 unspecified atom stereocenters. The highest BCUT2D eigenvalue weighted by Gasteiger charge is 2.23. The molecular weight excluding hydrogens is 480 g/mol. The van der Waals surface area contributed by atoms with Crippen LogP contribution in [0.25, 0.3) is 0 Å². The molecule has 2 N–H and O–H groups in total. The van der Waals surface area contributed by atoms with Gasteiger partial charge >= 0.3 is 0 Å². The van der Waals surface area contributed by atoms with Gasteiger partial charge in [-0.25, -0.2) is 0 Å². The van der Waals surface area contributed by atoms with Crippen molar-refractivity contribution in [3.05, 3.63) is 48.0 Å². The topological polar surface area (TPSA) is 83.1 Å². The van der Waals surface area contributed by atoms with Gasteiger partial charge in [0.05, 0.1) is 18.4 Å². The molecule has 38 heavy (non-hydrogen) atoms. The third kappa shape index (κ3) is 8.65. The standard InChI is InChI=1S/C30H44N4O4/c1-4-5-6-7-8-14-29(35)32-24-15-16-26(25(23-24)30(36)31-17-11-22-37-2)33-18-20-34(21-19-33)27-12-9-10-13-28(27)38-3/h9-10,12-13,15-16,23H,4-8,11,14,17-22H2,1-3H3,(H,31,36)(H,32,35). The molecule has 208 valence electrons. The van der Waals surface area contributed by atoms with E-state index in [4.69, 9.17) is 9.47 Å². The number of piperazine rings is 1. The number of hydrogen-bond donors (Lipinski definition) is 2. The van der Waals surface area contributed by atoms with Gasteiger partial charge in [0.1, 0.15) is 5.75 Å². The Balaban J connectivity index is 1.69. The van der Waals surface area contributed by atoms with Gasteiger partial charge in [-0.15, -0.1) is 0 Å². The maximum atomic E-state index is 13.2. The molecule has 0 bridgehead atoms. The lowest BCUT2D eigenvalue weighted by Gasteiger charge is -2.38. The number of unbranched alkanes of at least 4 members (excludes halogenated alkanes) is 4. The number of ether oxygens (including phenoxy) is 2. The van der Waals surface area contributed by atoms with Crippen LogP contribution in [0.5, 0.6) is 5.75 Å². The Labute approximate surface area is 227 Å².